The van der Waals surface area contributed by atoms with Crippen molar-refractivity contribution in [1.29, 1.82) is 0 Å². The average Bonchev–Trinajstić information content (AvgIpc) is 1.71. The number of amides is 5. The van der Waals surface area contributed by atoms with Gasteiger partial charge < -0.3 is 46.6 Å². The van der Waals surface area contributed by atoms with Crippen molar-refractivity contribution >= 4 is 122 Å². The van der Waals surface area contributed by atoms with Crippen LogP contribution in [0.3, 0.4) is 0 Å². The third-order valence-corrected chi connectivity index (χ3v) is 19.5. The van der Waals surface area contributed by atoms with Crippen LogP contribution in [0.2, 0.25) is 0 Å². The van der Waals surface area contributed by atoms with Gasteiger partial charge >= 0.3 is 11.9 Å². The number of carbonyl (C=O) groups excluding carboxylic acids is 5. The van der Waals surface area contributed by atoms with Gasteiger partial charge in [0.1, 0.15) is 76.4 Å². The number of benzene rings is 1. The van der Waals surface area contributed by atoms with E-state index in [1.165, 1.54) is 70.8 Å². The lowest BCUT2D eigenvalue weighted by Crippen LogP contribution is -2.40. The van der Waals surface area contributed by atoms with Gasteiger partial charge in [-0.05, 0) is 62.3 Å². The number of thiazole rings is 6. The minimum atomic E-state index is -1.29. The fraction of sp³-hybridized carbons (Fsp3) is 0.317. The van der Waals surface area contributed by atoms with Gasteiger partial charge in [-0.3, -0.25) is 33.6 Å². The van der Waals surface area contributed by atoms with Crippen molar-refractivity contribution in [3.8, 4) is 43.4 Å². The first kappa shape index (κ1) is 65.9. The van der Waals surface area contributed by atoms with Crippen LogP contribution in [0.25, 0.3) is 43.4 Å². The summed E-state index contributed by atoms with van der Waals surface area (Å²) in [6.45, 7) is 6.75. The van der Waals surface area contributed by atoms with E-state index in [4.69, 9.17) is 44.7 Å². The summed E-state index contributed by atoms with van der Waals surface area (Å²) in [5, 5.41) is 53.7. The second-order valence-electron chi connectivity index (χ2n) is 20.8. The standard InChI is InChI=1S/C60H61N13O11S6/c1-29(2)46-60-73-49(40(90-60)24-84-6)53(82)63-23-43(75)70-50(51(80)33-12-8-7-9-13-33)59-68-39(27-87-59)57-66-37(25-86-57)48-34(55-67-38(26-85-55)52(81)65-36(21-42(74)61-5)58-72-47(31(4)89-58)54(83)71-46)18-19-35(64-48)56-69-41(28-88-56)62-22-32(11-10-14-44(76)77)17-15-30(3)16-20-45(78)79/h7-9,12-13,15,17-19,22,25-29,36,46,50-51,80H,10-11,14,16,20-21,23-24H2,1-6H3,(H,61,74)(H,63,82)(H,65,81)(H,70,75)(H,71,83)(H,76,77)(H,78,79)/b30-15+,32-17-,62-22?/t36-,46?,50-,51-/m0/s1. The molecule has 24 nitrogen and oxygen atoms in total. The van der Waals surface area contributed by atoms with Crippen molar-refractivity contribution in [2.45, 2.75) is 97.1 Å². The van der Waals surface area contributed by atoms with Crippen LogP contribution in [-0.4, -0.2) is 119 Å². The van der Waals surface area contributed by atoms with Crippen molar-refractivity contribution in [2.24, 2.45) is 10.9 Å². The number of ether oxygens (including phenoxy) is 1. The highest BCUT2D eigenvalue weighted by molar-refractivity contribution is 7.15. The molecule has 1 aliphatic heterocycles. The van der Waals surface area contributed by atoms with Gasteiger partial charge in [0.2, 0.25) is 11.8 Å². The van der Waals surface area contributed by atoms with E-state index >= 15 is 0 Å². The Morgan fingerprint density at radius 2 is 1.41 bits per heavy atom. The number of aliphatic hydroxyl groups is 1. The molecule has 5 amide bonds. The molecule has 1 unspecified atom stereocenters. The highest BCUT2D eigenvalue weighted by Crippen LogP contribution is 2.40. The lowest BCUT2D eigenvalue weighted by Gasteiger charge is -2.23. The molecule has 0 radical (unpaired) electrons. The van der Waals surface area contributed by atoms with Gasteiger partial charge in [0.15, 0.2) is 5.82 Å². The zero-order valence-corrected chi connectivity index (χ0v) is 54.2. The third kappa shape index (κ3) is 16.7. The number of carboxylic acid groups (broad SMARTS) is 2. The zero-order chi connectivity index (χ0) is 64.2. The Balaban J connectivity index is 1.11. The van der Waals surface area contributed by atoms with E-state index < -0.39 is 72.2 Å². The number of fused-ring (bicyclic) bond motifs is 14. The smallest absolute Gasteiger partial charge is 0.303 e. The van der Waals surface area contributed by atoms with E-state index in [0.717, 1.165) is 16.9 Å². The number of rotatable bonds is 18. The number of carboxylic acids is 2. The molecule has 0 fully saturated rings. The number of carbonyl (C=O) groups is 7. The second-order valence-corrected chi connectivity index (χ2v) is 26.6. The summed E-state index contributed by atoms with van der Waals surface area (Å²) in [7, 11) is 2.93. The third-order valence-electron chi connectivity index (χ3n) is 13.8. The van der Waals surface area contributed by atoms with E-state index in [2.05, 4.69) is 31.6 Å². The Hall–Kier alpha value is -8.49. The molecule has 10 bridgehead atoms. The topological polar surface area (TPSA) is 352 Å². The molecule has 90 heavy (non-hydrogen) atoms. The number of allylic oxidation sites excluding steroid dienone is 4. The number of nitrogens with one attached hydrogen (secondary N) is 5. The van der Waals surface area contributed by atoms with Crippen molar-refractivity contribution < 1.29 is 53.6 Å². The summed E-state index contributed by atoms with van der Waals surface area (Å²) in [6.07, 6.45) is 4.68. The molecular formula is C60H61N13O11S6. The highest BCUT2D eigenvalue weighted by Gasteiger charge is 2.33. The number of aromatic nitrogens is 7. The quantitative estimate of drug-likeness (QED) is 0.0292. The van der Waals surface area contributed by atoms with E-state index in [1.807, 2.05) is 20.8 Å². The van der Waals surface area contributed by atoms with Crippen molar-refractivity contribution in [1.82, 2.24) is 61.5 Å². The molecule has 9 rings (SSSR count). The molecule has 7 aromatic heterocycles. The highest BCUT2D eigenvalue weighted by atomic mass is 32.1. The Bertz CT molecular complexity index is 4050. The Kier molecular flexibility index (Phi) is 22.2. The minimum absolute atomic E-state index is 0.00527. The predicted molar refractivity (Wildman–Crippen MR) is 345 cm³/mol. The molecule has 4 atom stereocenters. The van der Waals surface area contributed by atoms with Crippen molar-refractivity contribution in [2.75, 3.05) is 20.7 Å². The number of hydrogen-bond acceptors (Lipinski definition) is 23. The number of nitrogens with zero attached hydrogens (tertiary/aromatic N) is 8. The van der Waals surface area contributed by atoms with Gasteiger partial charge in [-0.15, -0.1) is 68.0 Å². The van der Waals surface area contributed by atoms with Gasteiger partial charge in [0.25, 0.3) is 17.7 Å². The molecule has 1 aromatic carbocycles. The number of hydrogen-bond donors (Lipinski definition) is 8. The van der Waals surface area contributed by atoms with E-state index in [9.17, 15) is 43.8 Å². The molecule has 0 aliphatic carbocycles. The van der Waals surface area contributed by atoms with Crippen molar-refractivity contribution in [3.05, 3.63) is 135 Å². The maximum atomic E-state index is 14.4. The van der Waals surface area contributed by atoms with Gasteiger partial charge in [0, 0.05) is 65.2 Å². The fourth-order valence-electron chi connectivity index (χ4n) is 9.06. The number of aliphatic carboxylic acids is 2. The van der Waals surface area contributed by atoms with Crippen LogP contribution in [0.5, 0.6) is 0 Å². The normalized spacial score (nSPS) is 16.5. The van der Waals surface area contributed by atoms with Crippen LogP contribution in [0, 0.1) is 12.8 Å². The predicted octanol–water partition coefficient (Wildman–Crippen LogP) is 10.0. The zero-order valence-electron chi connectivity index (χ0n) is 49.3. The van der Waals surface area contributed by atoms with Crippen LogP contribution in [0.4, 0.5) is 5.82 Å². The minimum Gasteiger partial charge on any atom is -0.481 e. The number of pyridine rings is 1. The Morgan fingerprint density at radius 1 is 0.700 bits per heavy atom. The molecule has 8 aromatic rings. The SMILES string of the molecule is CNC(=O)C[C@@H]1NC(=O)c2csc(n2)-c2ccc(-c3nc(N=C/C(=C\C=C(/C)CCC(=O)O)CCCC(=O)O)cs3)nc2-c2csc(n2)-c2csc(n2)[C@H]([C@@H](O)c2ccccc2)NC(=O)CNC(=O)c2nc(sc2COC)C(C(C)C)NC(=O)c2nc1sc2C. The van der Waals surface area contributed by atoms with Gasteiger partial charge in [0.05, 0.1) is 42.2 Å². The second kappa shape index (κ2) is 30.3. The summed E-state index contributed by atoms with van der Waals surface area (Å²) >= 11 is 7.19. The largest absolute Gasteiger partial charge is 0.481 e. The fourth-order valence-corrected chi connectivity index (χ4v) is 14.5. The molecule has 8 heterocycles. The maximum Gasteiger partial charge on any atom is 0.303 e. The van der Waals surface area contributed by atoms with E-state index in [1.54, 1.807) is 89.3 Å². The van der Waals surface area contributed by atoms with Crippen LogP contribution in [0.1, 0.15) is 145 Å². The first-order valence-corrected chi connectivity index (χ1v) is 33.2. The monoisotopic (exact) mass is 1330 g/mol. The van der Waals surface area contributed by atoms with Crippen LogP contribution in [-0.2, 0) is 30.5 Å². The summed E-state index contributed by atoms with van der Waals surface area (Å²) < 4.78 is 5.46. The number of aryl methyl sites for hydroxylation is 1. The summed E-state index contributed by atoms with van der Waals surface area (Å²) in [5.41, 5.74) is 4.22. The van der Waals surface area contributed by atoms with Gasteiger partial charge in [-0.1, -0.05) is 61.9 Å². The molecule has 0 spiro atoms. The summed E-state index contributed by atoms with van der Waals surface area (Å²) in [5.74, 6) is -4.68. The van der Waals surface area contributed by atoms with Gasteiger partial charge in [-0.2, -0.15) is 0 Å². The summed E-state index contributed by atoms with van der Waals surface area (Å²) in [4.78, 5) is 132. The molecular weight excluding hydrogens is 1270 g/mol. The van der Waals surface area contributed by atoms with Crippen molar-refractivity contribution in [3.63, 3.8) is 0 Å². The van der Waals surface area contributed by atoms with Crippen LogP contribution in [0.15, 0.2) is 92.3 Å². The Morgan fingerprint density at radius 3 is 2.16 bits per heavy atom. The van der Waals surface area contributed by atoms with Crippen LogP contribution < -0.4 is 26.6 Å². The molecule has 1 aliphatic rings. The molecule has 30 heteroatoms. The van der Waals surface area contributed by atoms with Gasteiger partial charge in [-0.25, -0.2) is 39.9 Å². The molecule has 0 saturated carbocycles. The Labute approximate surface area is 539 Å². The summed E-state index contributed by atoms with van der Waals surface area (Å²) in [6, 6.07) is 9.47. The average molecular weight is 1330 g/mol. The van der Waals surface area contributed by atoms with E-state index in [-0.39, 0.29) is 53.9 Å². The molecule has 468 valence electrons. The first-order chi connectivity index (χ1) is 43.2. The number of methoxy groups -OCH3 is 1. The first-order valence-electron chi connectivity index (χ1n) is 28.0. The van der Waals surface area contributed by atoms with E-state index in [0.29, 0.717) is 99.3 Å². The van der Waals surface area contributed by atoms with Crippen LogP contribution >= 0.6 is 68.0 Å². The lowest BCUT2D eigenvalue weighted by atomic mass is 10.0. The molecule has 8 N–H and O–H groups in total. The maximum absolute atomic E-state index is 14.4. The lowest BCUT2D eigenvalue weighted by molar-refractivity contribution is -0.138. The number of aliphatic imine (C=N–C) groups is 1. The number of aliphatic hydroxyl groups excluding tert-OH is 1. The molecule has 0 saturated heterocycles.